The molecular formula is C25H23N3O3S. The number of aromatic nitrogens is 2. The van der Waals surface area contributed by atoms with Crippen molar-refractivity contribution in [2.75, 3.05) is 5.32 Å². The molecule has 1 N–H and O–H groups in total. The summed E-state index contributed by atoms with van der Waals surface area (Å²) in [7, 11) is 1.67. The van der Waals surface area contributed by atoms with Gasteiger partial charge in [0.05, 0.1) is 16.2 Å². The van der Waals surface area contributed by atoms with E-state index in [9.17, 15) is 9.59 Å². The predicted octanol–water partition coefficient (Wildman–Crippen LogP) is 4.63. The fourth-order valence-corrected chi connectivity index (χ4v) is 4.01. The molecule has 3 aromatic carbocycles. The van der Waals surface area contributed by atoms with Crippen LogP contribution in [0.2, 0.25) is 0 Å². The fourth-order valence-electron chi connectivity index (χ4n) is 3.13. The number of carbonyl (C=O) groups excluding carboxylic acids is 1. The summed E-state index contributed by atoms with van der Waals surface area (Å²) in [5, 5.41) is 3.52. The second kappa shape index (κ2) is 9.70. The quantitative estimate of drug-likeness (QED) is 0.332. The van der Waals surface area contributed by atoms with Crippen LogP contribution < -0.4 is 15.6 Å². The zero-order valence-electron chi connectivity index (χ0n) is 17.8. The molecule has 0 aliphatic carbocycles. The molecule has 1 unspecified atom stereocenters. The van der Waals surface area contributed by atoms with Crippen molar-refractivity contribution in [3.63, 3.8) is 0 Å². The van der Waals surface area contributed by atoms with Crippen molar-refractivity contribution in [3.8, 4) is 5.75 Å². The maximum atomic E-state index is 12.7. The van der Waals surface area contributed by atoms with Gasteiger partial charge in [-0.3, -0.25) is 14.2 Å². The number of para-hydroxylation sites is 1. The lowest BCUT2D eigenvalue weighted by Crippen LogP contribution is -2.25. The van der Waals surface area contributed by atoms with Crippen LogP contribution in [0.5, 0.6) is 5.75 Å². The van der Waals surface area contributed by atoms with E-state index >= 15 is 0 Å². The van der Waals surface area contributed by atoms with Gasteiger partial charge in [0.15, 0.2) is 5.16 Å². The number of hydrogen-bond donors (Lipinski definition) is 1. The van der Waals surface area contributed by atoms with Crippen molar-refractivity contribution in [1.82, 2.24) is 9.55 Å². The minimum Gasteiger partial charge on any atom is -0.489 e. The Kier molecular flexibility index (Phi) is 6.56. The number of benzene rings is 3. The average molecular weight is 446 g/mol. The Labute approximate surface area is 190 Å². The zero-order valence-corrected chi connectivity index (χ0v) is 18.6. The molecule has 0 bridgehead atoms. The summed E-state index contributed by atoms with van der Waals surface area (Å²) in [6.45, 7) is 2.27. The molecule has 0 saturated carbocycles. The third kappa shape index (κ3) is 5.00. The lowest BCUT2D eigenvalue weighted by atomic mass is 10.2. The van der Waals surface area contributed by atoms with Crippen LogP contribution in [0.4, 0.5) is 5.69 Å². The Balaban J connectivity index is 1.38. The third-order valence-corrected chi connectivity index (χ3v) is 6.11. The highest BCUT2D eigenvalue weighted by Crippen LogP contribution is 2.24. The first-order valence-electron chi connectivity index (χ1n) is 10.2. The molecule has 0 radical (unpaired) electrons. The smallest absolute Gasteiger partial charge is 0.261 e. The van der Waals surface area contributed by atoms with E-state index in [-0.39, 0.29) is 11.5 Å². The summed E-state index contributed by atoms with van der Waals surface area (Å²) >= 11 is 1.25. The lowest BCUT2D eigenvalue weighted by molar-refractivity contribution is -0.115. The molecule has 162 valence electrons. The van der Waals surface area contributed by atoms with E-state index in [1.807, 2.05) is 54.6 Å². The second-order valence-corrected chi connectivity index (χ2v) is 8.63. The van der Waals surface area contributed by atoms with Crippen LogP contribution in [-0.4, -0.2) is 20.7 Å². The number of hydrogen-bond acceptors (Lipinski definition) is 5. The van der Waals surface area contributed by atoms with Gasteiger partial charge in [0, 0.05) is 12.7 Å². The number of nitrogens with one attached hydrogen (secondary N) is 1. The van der Waals surface area contributed by atoms with E-state index in [2.05, 4.69) is 10.3 Å². The van der Waals surface area contributed by atoms with Gasteiger partial charge in [-0.05, 0) is 48.9 Å². The largest absolute Gasteiger partial charge is 0.489 e. The topological polar surface area (TPSA) is 73.2 Å². The molecule has 1 heterocycles. The third-order valence-electron chi connectivity index (χ3n) is 4.96. The minimum atomic E-state index is -0.441. The first-order chi connectivity index (χ1) is 15.5. The van der Waals surface area contributed by atoms with E-state index < -0.39 is 5.25 Å². The summed E-state index contributed by atoms with van der Waals surface area (Å²) < 4.78 is 7.26. The van der Waals surface area contributed by atoms with Crippen molar-refractivity contribution in [1.29, 1.82) is 0 Å². The maximum absolute atomic E-state index is 12.7. The molecule has 0 spiro atoms. The van der Waals surface area contributed by atoms with Crippen molar-refractivity contribution in [2.24, 2.45) is 7.05 Å². The number of amides is 1. The molecule has 7 heteroatoms. The molecule has 1 aromatic heterocycles. The van der Waals surface area contributed by atoms with Gasteiger partial charge in [0.25, 0.3) is 5.56 Å². The van der Waals surface area contributed by atoms with Crippen molar-refractivity contribution < 1.29 is 9.53 Å². The summed E-state index contributed by atoms with van der Waals surface area (Å²) in [5.41, 5.74) is 2.26. The normalized spacial score (nSPS) is 11.8. The van der Waals surface area contributed by atoms with Crippen molar-refractivity contribution >= 4 is 34.3 Å². The van der Waals surface area contributed by atoms with Crippen LogP contribution in [0.15, 0.2) is 88.8 Å². The molecule has 1 atom stereocenters. The van der Waals surface area contributed by atoms with Gasteiger partial charge in [0.1, 0.15) is 12.4 Å². The molecular weight excluding hydrogens is 422 g/mol. The highest BCUT2D eigenvalue weighted by atomic mass is 32.2. The summed E-state index contributed by atoms with van der Waals surface area (Å²) in [5.74, 6) is 0.556. The van der Waals surface area contributed by atoms with Crippen LogP contribution in [0.3, 0.4) is 0 Å². The van der Waals surface area contributed by atoms with E-state index in [1.165, 1.54) is 16.3 Å². The number of nitrogens with zero attached hydrogens (tertiary/aromatic N) is 2. The van der Waals surface area contributed by atoms with Gasteiger partial charge in [-0.2, -0.15) is 0 Å². The minimum absolute atomic E-state index is 0.128. The first kappa shape index (κ1) is 21.6. The van der Waals surface area contributed by atoms with Crippen molar-refractivity contribution in [2.45, 2.75) is 23.9 Å². The maximum Gasteiger partial charge on any atom is 0.261 e. The van der Waals surface area contributed by atoms with Gasteiger partial charge < -0.3 is 10.1 Å². The fraction of sp³-hybridized carbons (Fsp3) is 0.160. The van der Waals surface area contributed by atoms with E-state index in [0.717, 1.165) is 11.3 Å². The highest BCUT2D eigenvalue weighted by molar-refractivity contribution is 8.00. The SMILES string of the molecule is CC(Sc1nc2ccccc2c(=O)n1C)C(=O)Nc1ccc(OCc2ccccc2)cc1. The Bertz CT molecular complexity index is 1290. The van der Waals surface area contributed by atoms with Gasteiger partial charge >= 0.3 is 0 Å². The molecule has 0 aliphatic rings. The van der Waals surface area contributed by atoms with Crippen LogP contribution in [0, 0.1) is 0 Å². The van der Waals surface area contributed by atoms with E-state index in [4.69, 9.17) is 4.74 Å². The van der Waals surface area contributed by atoms with Crippen LogP contribution in [-0.2, 0) is 18.4 Å². The number of fused-ring (bicyclic) bond motifs is 1. The molecule has 0 fully saturated rings. The summed E-state index contributed by atoms with van der Waals surface area (Å²) in [6, 6.07) is 24.4. The van der Waals surface area contributed by atoms with E-state index in [0.29, 0.717) is 28.4 Å². The van der Waals surface area contributed by atoms with Gasteiger partial charge in [-0.25, -0.2) is 4.98 Å². The predicted molar refractivity (Wildman–Crippen MR) is 128 cm³/mol. The van der Waals surface area contributed by atoms with Gasteiger partial charge in [-0.15, -0.1) is 0 Å². The van der Waals surface area contributed by atoms with Crippen LogP contribution >= 0.6 is 11.8 Å². The average Bonchev–Trinajstić information content (AvgIpc) is 2.82. The van der Waals surface area contributed by atoms with Crippen LogP contribution in [0.25, 0.3) is 10.9 Å². The van der Waals surface area contributed by atoms with E-state index in [1.54, 1.807) is 38.2 Å². The molecule has 1 amide bonds. The summed E-state index contributed by atoms with van der Waals surface area (Å²) in [6.07, 6.45) is 0. The van der Waals surface area contributed by atoms with Crippen LogP contribution in [0.1, 0.15) is 12.5 Å². The lowest BCUT2D eigenvalue weighted by Gasteiger charge is -2.14. The number of carbonyl (C=O) groups is 1. The zero-order chi connectivity index (χ0) is 22.5. The number of rotatable bonds is 7. The molecule has 4 aromatic rings. The molecule has 4 rings (SSSR count). The standard InChI is InChI=1S/C25H23N3O3S/c1-17(32-25-27-22-11-7-6-10-21(22)24(30)28(25)2)23(29)26-19-12-14-20(15-13-19)31-16-18-8-4-3-5-9-18/h3-15,17H,16H2,1-2H3,(H,26,29). The number of thioether (sulfide) groups is 1. The first-order valence-corrected chi connectivity index (χ1v) is 11.1. The van der Waals surface area contributed by atoms with Gasteiger partial charge in [0.2, 0.25) is 5.91 Å². The molecule has 32 heavy (non-hydrogen) atoms. The number of ether oxygens (including phenoxy) is 1. The Hall–Kier alpha value is -3.58. The monoisotopic (exact) mass is 445 g/mol. The number of anilines is 1. The highest BCUT2D eigenvalue weighted by Gasteiger charge is 2.18. The van der Waals surface area contributed by atoms with Crippen molar-refractivity contribution in [3.05, 3.63) is 94.8 Å². The Morgan fingerprint density at radius 2 is 1.72 bits per heavy atom. The summed E-state index contributed by atoms with van der Waals surface area (Å²) in [4.78, 5) is 29.8. The Morgan fingerprint density at radius 3 is 2.47 bits per heavy atom. The second-order valence-electron chi connectivity index (χ2n) is 7.32. The van der Waals surface area contributed by atoms with Gasteiger partial charge in [-0.1, -0.05) is 54.2 Å². The molecule has 0 aliphatic heterocycles. The molecule has 6 nitrogen and oxygen atoms in total. The Morgan fingerprint density at radius 1 is 1.03 bits per heavy atom. The molecule has 0 saturated heterocycles.